The SMILES string of the molecule is COc1ccc(OC)c(N(CC(=O)N/N=C\c2ccc(Cl)c([N+](=O)[O-])c2)S(=O)(=O)c2ccc(OC)c(OC)c2)c1. The van der Waals surface area contributed by atoms with E-state index in [1.165, 1.54) is 77.0 Å². The molecule has 0 saturated heterocycles. The molecule has 0 heterocycles. The highest BCUT2D eigenvalue weighted by atomic mass is 35.5. The van der Waals surface area contributed by atoms with E-state index in [1.807, 2.05) is 0 Å². The predicted octanol–water partition coefficient (Wildman–Crippen LogP) is 3.63. The third-order valence-corrected chi connectivity index (χ3v) is 7.53. The molecule has 0 saturated carbocycles. The summed E-state index contributed by atoms with van der Waals surface area (Å²) in [6.07, 6.45) is 1.15. The van der Waals surface area contributed by atoms with Gasteiger partial charge in [-0.2, -0.15) is 5.10 Å². The molecule has 0 aliphatic carbocycles. The molecular formula is C25H25ClN4O9S. The van der Waals surface area contributed by atoms with E-state index < -0.39 is 27.4 Å². The summed E-state index contributed by atoms with van der Waals surface area (Å²) in [4.78, 5) is 23.2. The molecule has 0 aliphatic heterocycles. The van der Waals surface area contributed by atoms with Gasteiger partial charge in [0.2, 0.25) is 0 Å². The number of rotatable bonds is 12. The summed E-state index contributed by atoms with van der Waals surface area (Å²) >= 11 is 5.81. The molecule has 0 radical (unpaired) electrons. The third kappa shape index (κ3) is 6.71. The molecule has 0 atom stereocenters. The second-order valence-corrected chi connectivity index (χ2v) is 10.1. The van der Waals surface area contributed by atoms with E-state index in [4.69, 9.17) is 30.5 Å². The summed E-state index contributed by atoms with van der Waals surface area (Å²) in [5.41, 5.74) is 2.19. The van der Waals surface area contributed by atoms with E-state index in [2.05, 4.69) is 10.5 Å². The highest BCUT2D eigenvalue weighted by Gasteiger charge is 2.31. The summed E-state index contributed by atoms with van der Waals surface area (Å²) in [6, 6.07) is 12.4. The normalized spacial score (nSPS) is 11.1. The molecule has 40 heavy (non-hydrogen) atoms. The van der Waals surface area contributed by atoms with E-state index in [1.54, 1.807) is 6.07 Å². The van der Waals surface area contributed by atoms with Gasteiger partial charge in [-0.3, -0.25) is 19.2 Å². The Bertz CT molecular complexity index is 1550. The molecular weight excluding hydrogens is 568 g/mol. The molecule has 0 bridgehead atoms. The van der Waals surface area contributed by atoms with Crippen LogP contribution >= 0.6 is 11.6 Å². The van der Waals surface area contributed by atoms with Gasteiger partial charge in [-0.15, -0.1) is 0 Å². The van der Waals surface area contributed by atoms with Crippen LogP contribution in [0, 0.1) is 10.1 Å². The number of halogens is 1. The Labute approximate surface area is 235 Å². The largest absolute Gasteiger partial charge is 0.497 e. The van der Waals surface area contributed by atoms with Crippen molar-refractivity contribution >= 4 is 45.1 Å². The van der Waals surface area contributed by atoms with Gasteiger partial charge in [0, 0.05) is 23.8 Å². The van der Waals surface area contributed by atoms with Gasteiger partial charge in [0.25, 0.3) is 21.6 Å². The molecule has 0 unspecified atom stereocenters. The summed E-state index contributed by atoms with van der Waals surface area (Å²) in [5.74, 6) is 0.100. The minimum Gasteiger partial charge on any atom is -0.497 e. The molecule has 3 aromatic rings. The van der Waals surface area contributed by atoms with Gasteiger partial charge in [0.1, 0.15) is 23.1 Å². The van der Waals surface area contributed by atoms with Crippen LogP contribution in [0.2, 0.25) is 5.02 Å². The Hall–Kier alpha value is -4.56. The fourth-order valence-corrected chi connectivity index (χ4v) is 5.12. The number of methoxy groups -OCH3 is 4. The average molecular weight is 593 g/mol. The van der Waals surface area contributed by atoms with Gasteiger partial charge < -0.3 is 18.9 Å². The number of nitrogens with zero attached hydrogens (tertiary/aromatic N) is 3. The zero-order valence-electron chi connectivity index (χ0n) is 21.8. The van der Waals surface area contributed by atoms with Gasteiger partial charge in [-0.1, -0.05) is 17.7 Å². The zero-order valence-corrected chi connectivity index (χ0v) is 23.4. The maximum Gasteiger partial charge on any atom is 0.288 e. The van der Waals surface area contributed by atoms with Gasteiger partial charge in [0.15, 0.2) is 11.5 Å². The van der Waals surface area contributed by atoms with E-state index in [9.17, 15) is 23.3 Å². The Morgan fingerprint density at radius 3 is 2.27 bits per heavy atom. The second kappa shape index (κ2) is 13.0. The number of sulfonamides is 1. The van der Waals surface area contributed by atoms with Gasteiger partial charge in [0.05, 0.1) is 50.2 Å². The van der Waals surface area contributed by atoms with Crippen molar-refractivity contribution < 1.29 is 37.1 Å². The molecule has 3 aromatic carbocycles. The van der Waals surface area contributed by atoms with Crippen molar-refractivity contribution in [3.05, 3.63) is 75.3 Å². The van der Waals surface area contributed by atoms with E-state index in [0.717, 1.165) is 10.5 Å². The van der Waals surface area contributed by atoms with Crippen LogP contribution in [0.25, 0.3) is 0 Å². The first kappa shape index (κ1) is 30.0. The lowest BCUT2D eigenvalue weighted by Gasteiger charge is -2.26. The molecule has 15 heteroatoms. The van der Waals surface area contributed by atoms with Crippen LogP contribution in [0.3, 0.4) is 0 Å². The number of hydrogen-bond acceptors (Lipinski definition) is 10. The number of hydrazone groups is 1. The van der Waals surface area contributed by atoms with Crippen molar-refractivity contribution in [2.45, 2.75) is 4.90 Å². The maximum atomic E-state index is 13.9. The van der Waals surface area contributed by atoms with Crippen LogP contribution in [0.4, 0.5) is 11.4 Å². The highest BCUT2D eigenvalue weighted by molar-refractivity contribution is 7.92. The number of nitro groups is 1. The molecule has 0 spiro atoms. The van der Waals surface area contributed by atoms with Crippen molar-refractivity contribution in [3.8, 4) is 23.0 Å². The number of benzene rings is 3. The number of nitrogens with one attached hydrogen (secondary N) is 1. The van der Waals surface area contributed by atoms with E-state index in [-0.39, 0.29) is 38.4 Å². The van der Waals surface area contributed by atoms with Gasteiger partial charge in [-0.05, 0) is 30.3 Å². The first-order valence-corrected chi connectivity index (χ1v) is 13.1. The summed E-state index contributed by atoms with van der Waals surface area (Å²) in [6.45, 7) is -0.724. The summed E-state index contributed by atoms with van der Waals surface area (Å²) < 4.78 is 49.6. The fraction of sp³-hybridized carbons (Fsp3) is 0.200. The topological polar surface area (TPSA) is 159 Å². The number of carbonyl (C=O) groups is 1. The molecule has 13 nitrogen and oxygen atoms in total. The molecule has 212 valence electrons. The first-order valence-electron chi connectivity index (χ1n) is 11.3. The molecule has 1 N–H and O–H groups in total. The number of anilines is 1. The van der Waals surface area contributed by atoms with Crippen LogP contribution in [0.5, 0.6) is 23.0 Å². The minimum atomic E-state index is -4.40. The number of ether oxygens (including phenoxy) is 4. The number of nitro benzene ring substituents is 1. The van der Waals surface area contributed by atoms with Crippen LogP contribution in [0.15, 0.2) is 64.6 Å². The van der Waals surface area contributed by atoms with E-state index in [0.29, 0.717) is 11.5 Å². The van der Waals surface area contributed by atoms with Crippen LogP contribution < -0.4 is 28.7 Å². The van der Waals surface area contributed by atoms with Crippen LogP contribution in [-0.4, -0.2) is 60.4 Å². The van der Waals surface area contributed by atoms with Crippen LogP contribution in [-0.2, 0) is 14.8 Å². The van der Waals surface area contributed by atoms with Crippen molar-refractivity contribution in [1.82, 2.24) is 5.43 Å². The second-order valence-electron chi connectivity index (χ2n) is 7.83. The highest BCUT2D eigenvalue weighted by Crippen LogP contribution is 2.37. The molecule has 1 amide bonds. The maximum absolute atomic E-state index is 13.9. The Kier molecular flexibility index (Phi) is 9.74. The monoisotopic (exact) mass is 592 g/mol. The lowest BCUT2D eigenvalue weighted by atomic mass is 10.2. The smallest absolute Gasteiger partial charge is 0.288 e. The van der Waals surface area contributed by atoms with Gasteiger partial charge in [-0.25, -0.2) is 13.8 Å². The van der Waals surface area contributed by atoms with Crippen molar-refractivity contribution in [3.63, 3.8) is 0 Å². The number of hydrogen-bond donors (Lipinski definition) is 1. The fourth-order valence-electron chi connectivity index (χ4n) is 3.49. The first-order chi connectivity index (χ1) is 19.0. The van der Waals surface area contributed by atoms with Crippen molar-refractivity contribution in [1.29, 1.82) is 0 Å². The Balaban J connectivity index is 1.99. The molecule has 0 aliphatic rings. The van der Waals surface area contributed by atoms with Gasteiger partial charge >= 0.3 is 0 Å². The molecule has 0 fully saturated rings. The zero-order chi connectivity index (χ0) is 29.4. The van der Waals surface area contributed by atoms with Crippen molar-refractivity contribution in [2.75, 3.05) is 39.3 Å². The number of carbonyl (C=O) groups excluding carboxylic acids is 1. The van der Waals surface area contributed by atoms with Crippen molar-refractivity contribution in [2.24, 2.45) is 5.10 Å². The number of amides is 1. The quantitative estimate of drug-likeness (QED) is 0.188. The summed E-state index contributed by atoms with van der Waals surface area (Å²) in [5, 5.41) is 14.8. The van der Waals surface area contributed by atoms with E-state index >= 15 is 0 Å². The minimum absolute atomic E-state index is 0.0177. The Morgan fingerprint density at radius 2 is 1.65 bits per heavy atom. The average Bonchev–Trinajstić information content (AvgIpc) is 2.95. The third-order valence-electron chi connectivity index (χ3n) is 5.45. The lowest BCUT2D eigenvalue weighted by Crippen LogP contribution is -2.39. The predicted molar refractivity (Wildman–Crippen MR) is 147 cm³/mol. The standard InChI is InChI=1S/C25H25ClN4O9S/c1-36-17-6-9-22(37-2)21(12-17)29(40(34,35)18-7-10-23(38-3)24(13-18)39-4)15-25(31)28-27-14-16-5-8-19(26)20(11-16)30(32)33/h5-14H,15H2,1-4H3,(H,28,31)/b27-14-. The lowest BCUT2D eigenvalue weighted by molar-refractivity contribution is -0.384. The Morgan fingerprint density at radius 1 is 0.975 bits per heavy atom. The summed E-state index contributed by atoms with van der Waals surface area (Å²) in [7, 11) is 1.12. The molecule has 0 aromatic heterocycles. The van der Waals surface area contributed by atoms with Crippen LogP contribution in [0.1, 0.15) is 5.56 Å². The molecule has 3 rings (SSSR count).